The van der Waals surface area contributed by atoms with Crippen molar-refractivity contribution in [2.45, 2.75) is 33.4 Å². The van der Waals surface area contributed by atoms with Crippen molar-refractivity contribution in [1.82, 2.24) is 0 Å². The van der Waals surface area contributed by atoms with E-state index in [-0.39, 0.29) is 5.56 Å². The summed E-state index contributed by atoms with van der Waals surface area (Å²) in [6, 6.07) is 25.4. The highest BCUT2D eigenvalue weighted by Crippen LogP contribution is 2.40. The van der Waals surface area contributed by atoms with Crippen molar-refractivity contribution in [2.75, 3.05) is 0 Å². The molecule has 3 aromatic carbocycles. The Balaban J connectivity index is 2.13. The van der Waals surface area contributed by atoms with Crippen LogP contribution in [-0.4, -0.2) is 11.3 Å². The number of benzene rings is 3. The fraction of sp³-hybridized carbons (Fsp3) is 0.143. The maximum atomic E-state index is 13.3. The van der Waals surface area contributed by atoms with Crippen LogP contribution in [-0.2, 0) is 16.5 Å². The molecule has 1 nitrogen and oxygen atoms in total. The fourth-order valence-corrected chi connectivity index (χ4v) is 4.75. The fourth-order valence-electron chi connectivity index (χ4n) is 2.61. The van der Waals surface area contributed by atoms with Crippen molar-refractivity contribution in [1.29, 1.82) is 0 Å². The minimum Gasteiger partial charge on any atom is -0.376 e. The number of aliphatic hydroxyl groups is 1. The van der Waals surface area contributed by atoms with Gasteiger partial charge in [-0.05, 0) is 42.8 Å². The van der Waals surface area contributed by atoms with Gasteiger partial charge in [0.2, 0.25) is 0 Å². The van der Waals surface area contributed by atoms with Crippen LogP contribution in [0.3, 0.4) is 0 Å². The quantitative estimate of drug-likeness (QED) is 0.593. The summed E-state index contributed by atoms with van der Waals surface area (Å²) in [4.78, 5) is 2.73. The van der Waals surface area contributed by atoms with E-state index in [2.05, 4.69) is 0 Å². The van der Waals surface area contributed by atoms with E-state index in [1.165, 1.54) is 12.1 Å². The Morgan fingerprint density at radius 2 is 1.15 bits per heavy atom. The topological polar surface area (TPSA) is 20.2 Å². The summed E-state index contributed by atoms with van der Waals surface area (Å²) in [6.45, 7) is 0.787. The van der Waals surface area contributed by atoms with Crippen LogP contribution in [0.2, 0.25) is 0 Å². The van der Waals surface area contributed by atoms with Gasteiger partial charge in [0.15, 0.2) is 20.3 Å². The smallest absolute Gasteiger partial charge is 0.376 e. The molecule has 0 spiro atoms. The molecule has 0 saturated carbocycles. The van der Waals surface area contributed by atoms with Gasteiger partial charge in [0.25, 0.3) is 0 Å². The van der Waals surface area contributed by atoms with Crippen molar-refractivity contribution < 1.29 is 18.3 Å². The highest BCUT2D eigenvalue weighted by Gasteiger charge is 2.51. The Morgan fingerprint density at radius 3 is 1.62 bits per heavy atom. The van der Waals surface area contributed by atoms with Gasteiger partial charge in [0.1, 0.15) is 0 Å². The minimum atomic E-state index is -4.75. The van der Waals surface area contributed by atoms with E-state index in [9.17, 15) is 18.3 Å². The summed E-state index contributed by atoms with van der Waals surface area (Å²) in [5.41, 5.74) is -3.06. The lowest BCUT2D eigenvalue weighted by Crippen LogP contribution is -2.39. The van der Waals surface area contributed by atoms with Gasteiger partial charge in [0.05, 0.1) is 10.9 Å². The van der Waals surface area contributed by atoms with Crippen LogP contribution in [0, 0.1) is 0 Å². The molecule has 0 aliphatic rings. The van der Waals surface area contributed by atoms with Crippen LogP contribution in [0.4, 0.5) is 13.2 Å². The first-order valence-corrected chi connectivity index (χ1v) is 9.27. The van der Waals surface area contributed by atoms with Crippen LogP contribution >= 0.6 is 0 Å². The molecular weight excluding hydrogens is 357 g/mol. The van der Waals surface area contributed by atoms with Gasteiger partial charge in [-0.1, -0.05) is 48.5 Å². The monoisotopic (exact) mass is 375 g/mol. The minimum absolute atomic E-state index is 0.160. The Morgan fingerprint density at radius 1 is 0.692 bits per heavy atom. The molecule has 1 N–H and O–H groups in total. The van der Waals surface area contributed by atoms with E-state index in [0.717, 1.165) is 21.6 Å². The van der Waals surface area contributed by atoms with Crippen molar-refractivity contribution in [3.8, 4) is 0 Å². The zero-order valence-corrected chi connectivity index (χ0v) is 14.9. The summed E-state index contributed by atoms with van der Waals surface area (Å²) >= 11 is 0. The maximum absolute atomic E-state index is 13.3. The zero-order chi connectivity index (χ0) is 18.8. The number of halogens is 3. The summed E-state index contributed by atoms with van der Waals surface area (Å²) < 4.78 is 39.8. The normalized spacial score (nSPS) is 14.2. The SMILES string of the molecule is CC(O)(c1cccc([S+](c2ccccc2)c2ccccc2)c1)C(F)(F)F. The summed E-state index contributed by atoms with van der Waals surface area (Å²) in [6.07, 6.45) is -4.75. The first-order valence-electron chi connectivity index (χ1n) is 8.05. The first kappa shape index (κ1) is 18.5. The van der Waals surface area contributed by atoms with Crippen LogP contribution in [0.1, 0.15) is 12.5 Å². The molecule has 3 rings (SSSR count). The van der Waals surface area contributed by atoms with Crippen molar-refractivity contribution in [3.05, 3.63) is 90.5 Å². The lowest BCUT2D eigenvalue weighted by atomic mass is 9.96. The molecule has 0 fully saturated rings. The molecule has 0 bridgehead atoms. The van der Waals surface area contributed by atoms with Gasteiger partial charge in [-0.3, -0.25) is 0 Å². The largest absolute Gasteiger partial charge is 0.421 e. The second-order valence-electron chi connectivity index (χ2n) is 6.03. The van der Waals surface area contributed by atoms with Crippen molar-refractivity contribution >= 4 is 10.9 Å². The highest BCUT2D eigenvalue weighted by molar-refractivity contribution is 7.97. The first-order chi connectivity index (χ1) is 12.3. The number of rotatable bonds is 4. The highest BCUT2D eigenvalue weighted by atomic mass is 32.2. The lowest BCUT2D eigenvalue weighted by molar-refractivity contribution is -0.258. The Bertz CT molecular complexity index is 822. The average Bonchev–Trinajstić information content (AvgIpc) is 2.63. The molecule has 3 aromatic rings. The van der Waals surface area contributed by atoms with E-state index in [4.69, 9.17) is 0 Å². The van der Waals surface area contributed by atoms with Crippen LogP contribution in [0.5, 0.6) is 0 Å². The van der Waals surface area contributed by atoms with Gasteiger partial charge >= 0.3 is 6.18 Å². The second-order valence-corrected chi connectivity index (χ2v) is 8.06. The van der Waals surface area contributed by atoms with Crippen molar-refractivity contribution in [3.63, 3.8) is 0 Å². The maximum Gasteiger partial charge on any atom is 0.421 e. The van der Waals surface area contributed by atoms with E-state index >= 15 is 0 Å². The lowest BCUT2D eigenvalue weighted by Gasteiger charge is -2.26. The number of alkyl halides is 3. The summed E-state index contributed by atoms with van der Waals surface area (Å²) in [7, 11) is -0.565. The number of hydrogen-bond donors (Lipinski definition) is 1. The van der Waals surface area contributed by atoms with Crippen LogP contribution < -0.4 is 0 Å². The molecule has 0 amide bonds. The van der Waals surface area contributed by atoms with Crippen LogP contribution in [0.25, 0.3) is 0 Å². The Labute approximate surface area is 153 Å². The molecule has 5 heteroatoms. The molecule has 134 valence electrons. The molecule has 0 aliphatic carbocycles. The molecule has 26 heavy (non-hydrogen) atoms. The molecule has 0 aromatic heterocycles. The van der Waals surface area contributed by atoms with Crippen molar-refractivity contribution in [2.24, 2.45) is 0 Å². The van der Waals surface area contributed by atoms with Gasteiger partial charge in [0, 0.05) is 6.07 Å². The van der Waals surface area contributed by atoms with Gasteiger partial charge in [-0.25, -0.2) is 0 Å². The van der Waals surface area contributed by atoms with E-state index < -0.39 is 22.7 Å². The molecule has 1 unspecified atom stereocenters. The van der Waals surface area contributed by atoms with Crippen LogP contribution in [0.15, 0.2) is 99.6 Å². The van der Waals surface area contributed by atoms with E-state index in [0.29, 0.717) is 0 Å². The Hall–Kier alpha value is -2.24. The molecule has 0 heterocycles. The predicted molar refractivity (Wildman–Crippen MR) is 97.1 cm³/mol. The predicted octanol–water partition coefficient (Wildman–Crippen LogP) is 5.55. The zero-order valence-electron chi connectivity index (χ0n) is 14.1. The summed E-state index contributed by atoms with van der Waals surface area (Å²) in [5.74, 6) is 0. The molecule has 0 saturated heterocycles. The van der Waals surface area contributed by atoms with Gasteiger partial charge < -0.3 is 5.11 Å². The molecule has 1 atom stereocenters. The second kappa shape index (κ2) is 7.17. The standard InChI is InChI=1S/C21H18F3OS/c1-20(25,21(22,23)24)16-9-8-14-19(15-16)26(17-10-4-2-5-11-17)18-12-6-3-7-13-18/h2-15,25H,1H3/q+1. The summed E-state index contributed by atoms with van der Waals surface area (Å²) in [5, 5.41) is 10.0. The van der Waals surface area contributed by atoms with Gasteiger partial charge in [-0.2, -0.15) is 13.2 Å². The average molecular weight is 375 g/mol. The molecular formula is C21H18F3OS+. The Kier molecular flexibility index (Phi) is 5.12. The molecule has 0 aliphatic heterocycles. The van der Waals surface area contributed by atoms with E-state index in [1.54, 1.807) is 12.1 Å². The van der Waals surface area contributed by atoms with E-state index in [1.807, 2.05) is 60.7 Å². The van der Waals surface area contributed by atoms with Gasteiger partial charge in [-0.15, -0.1) is 0 Å². The third-order valence-electron chi connectivity index (χ3n) is 4.14. The molecule has 0 radical (unpaired) electrons. The third kappa shape index (κ3) is 3.64. The third-order valence-corrected chi connectivity index (χ3v) is 6.35. The number of hydrogen-bond acceptors (Lipinski definition) is 1.